The first kappa shape index (κ1) is 11.5. The van der Waals surface area contributed by atoms with Gasteiger partial charge in [0.05, 0.1) is 6.61 Å². The highest BCUT2D eigenvalue weighted by molar-refractivity contribution is 5.85. The molecule has 0 aliphatic rings. The molecule has 0 amide bonds. The Bertz CT molecular complexity index is 87.9. The highest BCUT2D eigenvalue weighted by atomic mass is 35.5. The number of methoxy groups -OCH3 is 1. The molecule has 0 bridgehead atoms. The lowest BCUT2D eigenvalue weighted by molar-refractivity contribution is -0.139. The molecular weight excluding hydrogens is 146 g/mol. The summed E-state index contributed by atoms with van der Waals surface area (Å²) in [5.41, 5.74) is 5.00. The number of hydrogen-bond acceptors (Lipinski definition) is 3. The number of hydrogen-bond donors (Lipinski definition) is 2. The van der Waals surface area contributed by atoms with Crippen LogP contribution >= 0.6 is 12.4 Å². The maximum Gasteiger partial charge on any atom is 0.322 e. The zero-order chi connectivity index (χ0) is 6.57. The third-order valence-electron chi connectivity index (χ3n) is 0.663. The third kappa shape index (κ3) is 5.55. The summed E-state index contributed by atoms with van der Waals surface area (Å²) in [6, 6.07) is -0.889. The van der Waals surface area contributed by atoms with Crippen molar-refractivity contribution in [1.29, 1.82) is 0 Å². The molecule has 0 unspecified atom stereocenters. The number of aliphatic carboxylic acids is 1. The van der Waals surface area contributed by atoms with Gasteiger partial charge < -0.3 is 15.6 Å². The number of carboxylic acids is 1. The van der Waals surface area contributed by atoms with E-state index in [1.807, 2.05) is 0 Å². The minimum Gasteiger partial charge on any atom is -0.480 e. The first-order valence-electron chi connectivity index (χ1n) is 2.15. The highest BCUT2D eigenvalue weighted by Gasteiger charge is 2.08. The quantitative estimate of drug-likeness (QED) is 0.575. The molecule has 4 nitrogen and oxygen atoms in total. The summed E-state index contributed by atoms with van der Waals surface area (Å²) in [6.07, 6.45) is 0. The summed E-state index contributed by atoms with van der Waals surface area (Å²) in [5.74, 6) is -1.04. The monoisotopic (exact) mass is 155 g/mol. The van der Waals surface area contributed by atoms with Crippen LogP contribution in [0.15, 0.2) is 0 Å². The number of ether oxygens (including phenoxy) is 1. The van der Waals surface area contributed by atoms with E-state index >= 15 is 0 Å². The number of carbonyl (C=O) groups is 1. The van der Waals surface area contributed by atoms with E-state index < -0.39 is 12.0 Å². The van der Waals surface area contributed by atoms with E-state index in [2.05, 4.69) is 4.74 Å². The second-order valence-electron chi connectivity index (χ2n) is 1.40. The van der Waals surface area contributed by atoms with E-state index in [0.717, 1.165) is 0 Å². The fourth-order valence-electron chi connectivity index (χ4n) is 0.251. The van der Waals surface area contributed by atoms with Gasteiger partial charge in [0.1, 0.15) is 6.04 Å². The van der Waals surface area contributed by atoms with Gasteiger partial charge in [-0.1, -0.05) is 0 Å². The molecule has 0 aliphatic carbocycles. The molecule has 56 valence electrons. The lowest BCUT2D eigenvalue weighted by atomic mass is 10.3. The van der Waals surface area contributed by atoms with E-state index in [0.29, 0.717) is 0 Å². The van der Waals surface area contributed by atoms with E-state index in [1.165, 1.54) is 7.11 Å². The van der Waals surface area contributed by atoms with Crippen molar-refractivity contribution >= 4 is 18.4 Å². The van der Waals surface area contributed by atoms with Crippen LogP contribution < -0.4 is 5.73 Å². The van der Waals surface area contributed by atoms with Crippen molar-refractivity contribution in [2.24, 2.45) is 5.73 Å². The van der Waals surface area contributed by atoms with Gasteiger partial charge in [0, 0.05) is 7.11 Å². The van der Waals surface area contributed by atoms with Gasteiger partial charge in [-0.25, -0.2) is 0 Å². The smallest absolute Gasteiger partial charge is 0.322 e. The van der Waals surface area contributed by atoms with Crippen molar-refractivity contribution in [1.82, 2.24) is 0 Å². The molecule has 0 spiro atoms. The number of carboxylic acid groups (broad SMARTS) is 1. The van der Waals surface area contributed by atoms with Crippen molar-refractivity contribution in [3.05, 3.63) is 0 Å². The number of halogens is 1. The van der Waals surface area contributed by atoms with E-state index in [1.54, 1.807) is 0 Å². The third-order valence-corrected chi connectivity index (χ3v) is 0.663. The van der Waals surface area contributed by atoms with Gasteiger partial charge >= 0.3 is 5.97 Å². The molecule has 0 rings (SSSR count). The standard InChI is InChI=1S/C4H9NO3.ClH/c1-8-2-3(5)4(6)7;/h3H,2,5H2,1H3,(H,6,7);1H/t3-;/m1./s1. The Morgan fingerprint density at radius 2 is 2.33 bits per heavy atom. The Hall–Kier alpha value is -0.320. The second kappa shape index (κ2) is 5.81. The molecule has 0 aromatic carbocycles. The van der Waals surface area contributed by atoms with Crippen LogP contribution in [0.1, 0.15) is 0 Å². The molecule has 0 aromatic heterocycles. The van der Waals surface area contributed by atoms with Crippen molar-refractivity contribution in [3.8, 4) is 0 Å². The van der Waals surface area contributed by atoms with Crippen LogP contribution in [0.3, 0.4) is 0 Å². The Morgan fingerprint density at radius 1 is 1.89 bits per heavy atom. The lowest BCUT2D eigenvalue weighted by Gasteiger charge is -2.01. The first-order chi connectivity index (χ1) is 3.68. The predicted molar refractivity (Wildman–Crippen MR) is 34.7 cm³/mol. The topological polar surface area (TPSA) is 72.5 Å². The van der Waals surface area contributed by atoms with Crippen molar-refractivity contribution < 1.29 is 14.6 Å². The molecule has 0 aromatic rings. The molecule has 0 saturated carbocycles. The summed E-state index contributed by atoms with van der Waals surface area (Å²) in [7, 11) is 1.41. The molecule has 0 radical (unpaired) electrons. The summed E-state index contributed by atoms with van der Waals surface area (Å²) >= 11 is 0. The molecule has 0 heterocycles. The Labute approximate surface area is 59.4 Å². The molecule has 5 heteroatoms. The SMILES string of the molecule is COC[C@@H](N)C(=O)O.Cl. The Kier molecular flexibility index (Phi) is 7.41. The normalized spacial score (nSPS) is 11.8. The van der Waals surface area contributed by atoms with E-state index in [9.17, 15) is 4.79 Å². The average molecular weight is 156 g/mol. The maximum absolute atomic E-state index is 9.88. The van der Waals surface area contributed by atoms with E-state index in [-0.39, 0.29) is 19.0 Å². The Morgan fingerprint density at radius 3 is 2.44 bits per heavy atom. The van der Waals surface area contributed by atoms with Crippen LogP contribution in [0.4, 0.5) is 0 Å². The molecular formula is C4H10ClNO3. The summed E-state index contributed by atoms with van der Waals surface area (Å²) in [4.78, 5) is 9.88. The fourth-order valence-corrected chi connectivity index (χ4v) is 0.251. The van der Waals surface area contributed by atoms with Crippen molar-refractivity contribution in [3.63, 3.8) is 0 Å². The molecule has 0 aliphatic heterocycles. The van der Waals surface area contributed by atoms with Crippen molar-refractivity contribution in [2.45, 2.75) is 6.04 Å². The minimum atomic E-state index is -1.04. The minimum absolute atomic E-state index is 0. The van der Waals surface area contributed by atoms with Crippen LogP contribution in [0.5, 0.6) is 0 Å². The summed E-state index contributed by atoms with van der Waals surface area (Å²) in [5, 5.41) is 8.11. The molecule has 1 atom stereocenters. The molecule has 3 N–H and O–H groups in total. The van der Waals surface area contributed by atoms with Gasteiger partial charge in [0.25, 0.3) is 0 Å². The average Bonchev–Trinajstić information content (AvgIpc) is 1.67. The van der Waals surface area contributed by atoms with Gasteiger partial charge in [-0.15, -0.1) is 12.4 Å². The van der Waals surface area contributed by atoms with Gasteiger partial charge in [-0.2, -0.15) is 0 Å². The molecule has 0 fully saturated rings. The zero-order valence-electron chi connectivity index (χ0n) is 5.03. The number of rotatable bonds is 3. The second-order valence-corrected chi connectivity index (χ2v) is 1.40. The van der Waals surface area contributed by atoms with Gasteiger partial charge in [0.2, 0.25) is 0 Å². The zero-order valence-corrected chi connectivity index (χ0v) is 5.85. The fraction of sp³-hybridized carbons (Fsp3) is 0.750. The predicted octanol–water partition coefficient (Wildman–Crippen LogP) is -0.533. The van der Waals surface area contributed by atoms with Gasteiger partial charge in [-0.3, -0.25) is 4.79 Å². The maximum atomic E-state index is 9.88. The molecule has 0 saturated heterocycles. The summed E-state index contributed by atoms with van der Waals surface area (Å²) in [6.45, 7) is 0.0648. The largest absolute Gasteiger partial charge is 0.480 e. The summed E-state index contributed by atoms with van der Waals surface area (Å²) < 4.78 is 4.46. The van der Waals surface area contributed by atoms with Crippen LogP contribution in [0.2, 0.25) is 0 Å². The highest BCUT2D eigenvalue weighted by Crippen LogP contribution is 1.76. The van der Waals surface area contributed by atoms with Gasteiger partial charge in [-0.05, 0) is 0 Å². The van der Waals surface area contributed by atoms with Crippen molar-refractivity contribution in [2.75, 3.05) is 13.7 Å². The number of nitrogens with two attached hydrogens (primary N) is 1. The van der Waals surface area contributed by atoms with E-state index in [4.69, 9.17) is 10.8 Å². The van der Waals surface area contributed by atoms with Crippen LogP contribution in [0.25, 0.3) is 0 Å². The lowest BCUT2D eigenvalue weighted by Crippen LogP contribution is -2.34. The molecule has 9 heavy (non-hydrogen) atoms. The van der Waals surface area contributed by atoms with Gasteiger partial charge in [0.15, 0.2) is 0 Å². The first-order valence-corrected chi connectivity index (χ1v) is 2.15. The van der Waals surface area contributed by atoms with Crippen LogP contribution in [0, 0.1) is 0 Å². The van der Waals surface area contributed by atoms with Crippen LogP contribution in [-0.4, -0.2) is 30.8 Å². The van der Waals surface area contributed by atoms with Crippen LogP contribution in [-0.2, 0) is 9.53 Å². The Balaban J connectivity index is 0.